The van der Waals surface area contributed by atoms with Gasteiger partial charge in [-0.05, 0) is 30.2 Å². The van der Waals surface area contributed by atoms with Crippen LogP contribution in [0.5, 0.6) is 5.75 Å². The highest BCUT2D eigenvalue weighted by Crippen LogP contribution is 2.17. The number of ether oxygens (including phenoxy) is 1. The van der Waals surface area contributed by atoms with Crippen LogP contribution in [0.2, 0.25) is 0 Å². The zero-order valence-electron chi connectivity index (χ0n) is 14.7. The predicted octanol–water partition coefficient (Wildman–Crippen LogP) is 5.76. The van der Waals surface area contributed by atoms with Crippen LogP contribution >= 0.6 is 0 Å². The maximum Gasteiger partial charge on any atom is 0.193 e. The predicted molar refractivity (Wildman–Crippen MR) is 97.2 cm³/mol. The summed E-state index contributed by atoms with van der Waals surface area (Å²) in [6, 6.07) is 16.7. The molecule has 0 fully saturated rings. The Kier molecular flexibility index (Phi) is 8.74. The number of ketones is 1. The number of rotatable bonds is 7. The van der Waals surface area contributed by atoms with E-state index in [9.17, 15) is 4.79 Å². The van der Waals surface area contributed by atoms with E-state index in [-0.39, 0.29) is 5.78 Å². The summed E-state index contributed by atoms with van der Waals surface area (Å²) in [5.41, 5.74) is 1.40. The lowest BCUT2D eigenvalue weighted by molar-refractivity contribution is 0.103. The largest absolute Gasteiger partial charge is 0.493 e. The van der Waals surface area contributed by atoms with Gasteiger partial charge in [-0.15, -0.1) is 0 Å². The van der Waals surface area contributed by atoms with Crippen LogP contribution < -0.4 is 4.74 Å². The van der Waals surface area contributed by atoms with Crippen molar-refractivity contribution in [1.82, 2.24) is 0 Å². The molecule has 2 nitrogen and oxygen atoms in total. The van der Waals surface area contributed by atoms with Gasteiger partial charge in [0.1, 0.15) is 5.75 Å². The quantitative estimate of drug-likeness (QED) is 0.608. The van der Waals surface area contributed by atoms with Crippen molar-refractivity contribution in [3.8, 4) is 5.75 Å². The van der Waals surface area contributed by atoms with E-state index in [4.69, 9.17) is 4.74 Å². The van der Waals surface area contributed by atoms with Gasteiger partial charge in [0.25, 0.3) is 0 Å². The summed E-state index contributed by atoms with van der Waals surface area (Å²) in [6.45, 7) is 9.09. The Hall–Kier alpha value is -2.09. The Morgan fingerprint density at radius 2 is 1.39 bits per heavy atom. The average Bonchev–Trinajstić information content (AvgIpc) is 2.65. The minimum Gasteiger partial charge on any atom is -0.493 e. The maximum absolute atomic E-state index is 12.3. The monoisotopic (exact) mass is 312 g/mol. The highest BCUT2D eigenvalue weighted by Gasteiger charge is 2.09. The number of hydrogen-bond donors (Lipinski definition) is 0. The fraction of sp³-hybridized carbons (Fsp3) is 0.381. The van der Waals surface area contributed by atoms with E-state index in [1.807, 2.05) is 68.4 Å². The Balaban J connectivity index is 0.00000127. The Morgan fingerprint density at radius 3 is 1.91 bits per heavy atom. The van der Waals surface area contributed by atoms with Crippen LogP contribution in [0.3, 0.4) is 0 Å². The Labute approximate surface area is 140 Å². The topological polar surface area (TPSA) is 26.3 Å². The zero-order valence-corrected chi connectivity index (χ0v) is 14.7. The van der Waals surface area contributed by atoms with Gasteiger partial charge in [0, 0.05) is 11.1 Å². The van der Waals surface area contributed by atoms with Gasteiger partial charge >= 0.3 is 0 Å². The molecule has 124 valence electrons. The van der Waals surface area contributed by atoms with Crippen molar-refractivity contribution in [1.29, 1.82) is 0 Å². The smallest absolute Gasteiger partial charge is 0.193 e. The van der Waals surface area contributed by atoms with Crippen molar-refractivity contribution < 1.29 is 9.53 Å². The minimum atomic E-state index is 0.0437. The molecule has 0 saturated carbocycles. The van der Waals surface area contributed by atoms with E-state index in [0.29, 0.717) is 17.0 Å². The molecule has 0 unspecified atom stereocenters. The van der Waals surface area contributed by atoms with Crippen molar-refractivity contribution in [2.45, 2.75) is 40.5 Å². The first kappa shape index (κ1) is 19.0. The molecule has 0 radical (unpaired) electrons. The van der Waals surface area contributed by atoms with Gasteiger partial charge in [-0.3, -0.25) is 4.79 Å². The second kappa shape index (κ2) is 10.6. The molecular weight excluding hydrogens is 284 g/mol. The summed E-state index contributed by atoms with van der Waals surface area (Å²) in [6.07, 6.45) is 2.25. The number of carbonyl (C=O) groups is 1. The molecule has 2 heteroatoms. The molecule has 0 heterocycles. The normalized spacial score (nSPS) is 9.96. The van der Waals surface area contributed by atoms with Crippen LogP contribution in [0.25, 0.3) is 0 Å². The van der Waals surface area contributed by atoms with E-state index < -0.39 is 0 Å². The Morgan fingerprint density at radius 1 is 0.870 bits per heavy atom. The maximum atomic E-state index is 12.3. The molecular formula is C21H28O2. The molecule has 0 spiro atoms. The highest BCUT2D eigenvalue weighted by molar-refractivity contribution is 6.08. The fourth-order valence-corrected chi connectivity index (χ4v) is 2.20. The van der Waals surface area contributed by atoms with Gasteiger partial charge in [0.05, 0.1) is 6.61 Å². The van der Waals surface area contributed by atoms with Crippen LogP contribution in [0.15, 0.2) is 54.6 Å². The second-order valence-corrected chi connectivity index (χ2v) is 5.21. The molecule has 0 aliphatic heterocycles. The second-order valence-electron chi connectivity index (χ2n) is 5.21. The molecule has 0 aliphatic carbocycles. The molecule has 0 N–H and O–H groups in total. The van der Waals surface area contributed by atoms with Gasteiger partial charge in [-0.1, -0.05) is 70.9 Å². The van der Waals surface area contributed by atoms with Gasteiger partial charge in [-0.25, -0.2) is 0 Å². The SMILES string of the molecule is CC.CCC(CC)COc1ccc(C(=O)c2ccccc2)cc1. The van der Waals surface area contributed by atoms with Gasteiger partial charge < -0.3 is 4.74 Å². The van der Waals surface area contributed by atoms with Crippen molar-refractivity contribution >= 4 is 5.78 Å². The summed E-state index contributed by atoms with van der Waals surface area (Å²) < 4.78 is 5.78. The van der Waals surface area contributed by atoms with Crippen molar-refractivity contribution in [2.75, 3.05) is 6.61 Å². The molecule has 0 aromatic heterocycles. The number of benzene rings is 2. The molecule has 0 amide bonds. The summed E-state index contributed by atoms with van der Waals surface area (Å²) >= 11 is 0. The van der Waals surface area contributed by atoms with E-state index in [1.165, 1.54) is 0 Å². The third kappa shape index (κ3) is 5.90. The first-order chi connectivity index (χ1) is 11.2. The van der Waals surface area contributed by atoms with Crippen molar-refractivity contribution in [3.63, 3.8) is 0 Å². The van der Waals surface area contributed by atoms with Crippen LogP contribution in [0.1, 0.15) is 56.5 Å². The minimum absolute atomic E-state index is 0.0437. The highest BCUT2D eigenvalue weighted by atomic mass is 16.5. The van der Waals surface area contributed by atoms with Crippen LogP contribution in [0.4, 0.5) is 0 Å². The molecule has 23 heavy (non-hydrogen) atoms. The summed E-state index contributed by atoms with van der Waals surface area (Å²) in [4.78, 5) is 12.3. The fourth-order valence-electron chi connectivity index (χ4n) is 2.20. The van der Waals surface area contributed by atoms with Crippen LogP contribution in [-0.2, 0) is 0 Å². The molecule has 0 bridgehead atoms. The zero-order chi connectivity index (χ0) is 17.1. The molecule has 0 saturated heterocycles. The third-order valence-electron chi connectivity index (χ3n) is 3.79. The Bertz CT molecular complexity index is 554. The van der Waals surface area contributed by atoms with Crippen LogP contribution in [-0.4, -0.2) is 12.4 Å². The van der Waals surface area contributed by atoms with E-state index in [2.05, 4.69) is 13.8 Å². The lowest BCUT2D eigenvalue weighted by Gasteiger charge is -2.13. The lowest BCUT2D eigenvalue weighted by Crippen LogP contribution is -2.10. The third-order valence-corrected chi connectivity index (χ3v) is 3.79. The molecule has 2 aromatic carbocycles. The molecule has 0 atom stereocenters. The first-order valence-electron chi connectivity index (χ1n) is 8.57. The molecule has 2 aromatic rings. The summed E-state index contributed by atoms with van der Waals surface area (Å²) in [5.74, 6) is 1.46. The summed E-state index contributed by atoms with van der Waals surface area (Å²) in [7, 11) is 0. The molecule has 0 aliphatic rings. The van der Waals surface area contributed by atoms with E-state index >= 15 is 0 Å². The molecule has 2 rings (SSSR count). The van der Waals surface area contributed by atoms with E-state index in [0.717, 1.165) is 25.2 Å². The first-order valence-corrected chi connectivity index (χ1v) is 8.57. The standard InChI is InChI=1S/C19H22O2.C2H6/c1-3-15(4-2)14-21-18-12-10-17(11-13-18)19(20)16-8-6-5-7-9-16;1-2/h5-13,15H,3-4,14H2,1-2H3;1-2H3. The van der Waals surface area contributed by atoms with E-state index in [1.54, 1.807) is 0 Å². The number of hydrogen-bond acceptors (Lipinski definition) is 2. The van der Waals surface area contributed by atoms with Crippen LogP contribution in [0, 0.1) is 5.92 Å². The number of carbonyl (C=O) groups excluding carboxylic acids is 1. The van der Waals surface area contributed by atoms with Gasteiger partial charge in [0.15, 0.2) is 5.78 Å². The van der Waals surface area contributed by atoms with Crippen molar-refractivity contribution in [2.24, 2.45) is 5.92 Å². The van der Waals surface area contributed by atoms with Gasteiger partial charge in [-0.2, -0.15) is 0 Å². The summed E-state index contributed by atoms with van der Waals surface area (Å²) in [5, 5.41) is 0. The van der Waals surface area contributed by atoms with Crippen molar-refractivity contribution in [3.05, 3.63) is 65.7 Å². The van der Waals surface area contributed by atoms with Gasteiger partial charge in [0.2, 0.25) is 0 Å². The average molecular weight is 312 g/mol. The lowest BCUT2D eigenvalue weighted by atomic mass is 10.0.